The molecule has 0 saturated carbocycles. The standard InChI is InChI=1S/C11H21N3O2/c1-8-9(2)14(5-3-13-8)11(15)10-7-12-4-6-16-10/h8-10,12-13H,3-7H2,1-2H3/t8?,9?,10-/m1/s1. The summed E-state index contributed by atoms with van der Waals surface area (Å²) in [5.74, 6) is 0.132. The van der Waals surface area contributed by atoms with E-state index in [9.17, 15) is 4.79 Å². The number of nitrogens with zero attached hydrogens (tertiary/aromatic N) is 1. The number of rotatable bonds is 1. The minimum Gasteiger partial charge on any atom is -0.366 e. The molecule has 2 rings (SSSR count). The molecule has 0 radical (unpaired) electrons. The normalized spacial score (nSPS) is 36.1. The third-order valence-corrected chi connectivity index (χ3v) is 3.52. The first-order chi connectivity index (χ1) is 7.70. The van der Waals surface area contributed by atoms with Crippen molar-refractivity contribution in [1.82, 2.24) is 15.5 Å². The van der Waals surface area contributed by atoms with Gasteiger partial charge in [-0.15, -0.1) is 0 Å². The average molecular weight is 227 g/mol. The van der Waals surface area contributed by atoms with Crippen LogP contribution in [0.3, 0.4) is 0 Å². The van der Waals surface area contributed by atoms with Crippen LogP contribution in [0.5, 0.6) is 0 Å². The van der Waals surface area contributed by atoms with Crippen LogP contribution in [0.1, 0.15) is 13.8 Å². The van der Waals surface area contributed by atoms with Crippen LogP contribution < -0.4 is 10.6 Å². The zero-order valence-corrected chi connectivity index (χ0v) is 10.0. The lowest BCUT2D eigenvalue weighted by Crippen LogP contribution is -2.61. The van der Waals surface area contributed by atoms with Crippen LogP contribution in [0, 0.1) is 0 Å². The summed E-state index contributed by atoms with van der Waals surface area (Å²) < 4.78 is 5.50. The van der Waals surface area contributed by atoms with Crippen molar-refractivity contribution in [3.05, 3.63) is 0 Å². The van der Waals surface area contributed by atoms with Gasteiger partial charge in [-0.05, 0) is 13.8 Å². The molecule has 2 saturated heterocycles. The van der Waals surface area contributed by atoms with Crippen LogP contribution in [0.25, 0.3) is 0 Å². The Morgan fingerprint density at radius 2 is 2.19 bits per heavy atom. The fraction of sp³-hybridized carbons (Fsp3) is 0.909. The molecule has 2 unspecified atom stereocenters. The Labute approximate surface area is 96.5 Å². The van der Waals surface area contributed by atoms with Gasteiger partial charge in [0.25, 0.3) is 5.91 Å². The smallest absolute Gasteiger partial charge is 0.253 e. The molecule has 0 spiro atoms. The van der Waals surface area contributed by atoms with Crippen molar-refractivity contribution in [2.75, 3.05) is 32.8 Å². The number of amides is 1. The predicted molar refractivity (Wildman–Crippen MR) is 61.2 cm³/mol. The maximum Gasteiger partial charge on any atom is 0.253 e. The molecule has 0 aromatic carbocycles. The van der Waals surface area contributed by atoms with Crippen LogP contribution in [-0.4, -0.2) is 61.8 Å². The van der Waals surface area contributed by atoms with E-state index in [0.29, 0.717) is 19.2 Å². The van der Waals surface area contributed by atoms with Crippen molar-refractivity contribution < 1.29 is 9.53 Å². The molecule has 2 aliphatic heterocycles. The molecule has 3 atom stereocenters. The molecule has 2 aliphatic rings. The number of hydrogen-bond acceptors (Lipinski definition) is 4. The molecule has 92 valence electrons. The Hall–Kier alpha value is -0.650. The van der Waals surface area contributed by atoms with Crippen molar-refractivity contribution in [2.24, 2.45) is 0 Å². The SMILES string of the molecule is CC1NCCN(C(=O)[C@H]2CNCCO2)C1C. The van der Waals surface area contributed by atoms with E-state index in [4.69, 9.17) is 4.74 Å². The summed E-state index contributed by atoms with van der Waals surface area (Å²) in [6.45, 7) is 7.98. The summed E-state index contributed by atoms with van der Waals surface area (Å²) in [5.41, 5.74) is 0. The van der Waals surface area contributed by atoms with Gasteiger partial charge in [0.1, 0.15) is 6.10 Å². The first-order valence-corrected chi connectivity index (χ1v) is 6.06. The number of piperazine rings is 1. The Kier molecular flexibility index (Phi) is 3.78. The van der Waals surface area contributed by atoms with E-state index in [1.807, 2.05) is 4.90 Å². The van der Waals surface area contributed by atoms with Gasteiger partial charge in [0.2, 0.25) is 0 Å². The van der Waals surface area contributed by atoms with E-state index >= 15 is 0 Å². The van der Waals surface area contributed by atoms with Crippen LogP contribution in [0.2, 0.25) is 0 Å². The highest BCUT2D eigenvalue weighted by Gasteiger charge is 2.33. The molecule has 5 heteroatoms. The Morgan fingerprint density at radius 1 is 1.38 bits per heavy atom. The van der Waals surface area contributed by atoms with Crippen LogP contribution in [0.4, 0.5) is 0 Å². The summed E-state index contributed by atoms with van der Waals surface area (Å²) >= 11 is 0. The summed E-state index contributed by atoms with van der Waals surface area (Å²) in [5, 5.41) is 6.56. The van der Waals surface area contributed by atoms with Crippen molar-refractivity contribution in [3.8, 4) is 0 Å². The fourth-order valence-corrected chi connectivity index (χ4v) is 2.28. The van der Waals surface area contributed by atoms with Crippen molar-refractivity contribution >= 4 is 5.91 Å². The zero-order chi connectivity index (χ0) is 11.5. The highest BCUT2D eigenvalue weighted by molar-refractivity contribution is 5.81. The number of carbonyl (C=O) groups excluding carboxylic acids is 1. The number of hydrogen-bond donors (Lipinski definition) is 2. The third kappa shape index (κ3) is 2.36. The summed E-state index contributed by atoms with van der Waals surface area (Å²) in [7, 11) is 0. The van der Waals surface area contributed by atoms with Gasteiger partial charge in [-0.3, -0.25) is 4.79 Å². The third-order valence-electron chi connectivity index (χ3n) is 3.52. The molecule has 16 heavy (non-hydrogen) atoms. The molecule has 2 N–H and O–H groups in total. The fourth-order valence-electron chi connectivity index (χ4n) is 2.28. The maximum atomic E-state index is 12.2. The summed E-state index contributed by atoms with van der Waals surface area (Å²) in [4.78, 5) is 14.2. The van der Waals surface area contributed by atoms with Gasteiger partial charge >= 0.3 is 0 Å². The molecule has 0 bridgehead atoms. The second kappa shape index (κ2) is 5.12. The van der Waals surface area contributed by atoms with Crippen LogP contribution >= 0.6 is 0 Å². The first kappa shape index (κ1) is 11.8. The molecule has 1 amide bonds. The Morgan fingerprint density at radius 3 is 2.88 bits per heavy atom. The molecule has 2 fully saturated rings. The van der Waals surface area contributed by atoms with Crippen LogP contribution in [-0.2, 0) is 9.53 Å². The number of morpholine rings is 1. The molecule has 0 aromatic heterocycles. The van der Waals surface area contributed by atoms with E-state index < -0.39 is 0 Å². The molecule has 2 heterocycles. The van der Waals surface area contributed by atoms with E-state index in [1.54, 1.807) is 0 Å². The first-order valence-electron chi connectivity index (χ1n) is 6.06. The topological polar surface area (TPSA) is 53.6 Å². The second-order valence-corrected chi connectivity index (χ2v) is 4.58. The van der Waals surface area contributed by atoms with Crippen molar-refractivity contribution in [3.63, 3.8) is 0 Å². The molecular formula is C11H21N3O2. The van der Waals surface area contributed by atoms with Crippen LogP contribution in [0.15, 0.2) is 0 Å². The highest BCUT2D eigenvalue weighted by Crippen LogP contribution is 2.12. The lowest BCUT2D eigenvalue weighted by Gasteiger charge is -2.40. The van der Waals surface area contributed by atoms with Gasteiger partial charge < -0.3 is 20.3 Å². The molecule has 0 aromatic rings. The van der Waals surface area contributed by atoms with Crippen molar-refractivity contribution in [1.29, 1.82) is 0 Å². The lowest BCUT2D eigenvalue weighted by molar-refractivity contribution is -0.149. The second-order valence-electron chi connectivity index (χ2n) is 4.58. The van der Waals surface area contributed by atoms with Gasteiger partial charge in [0, 0.05) is 38.3 Å². The molecule has 5 nitrogen and oxygen atoms in total. The van der Waals surface area contributed by atoms with Crippen molar-refractivity contribution in [2.45, 2.75) is 32.0 Å². The predicted octanol–water partition coefficient (Wildman–Crippen LogP) is -0.816. The van der Waals surface area contributed by atoms with Gasteiger partial charge in [0.05, 0.1) is 6.61 Å². The average Bonchev–Trinajstić information content (AvgIpc) is 2.33. The summed E-state index contributed by atoms with van der Waals surface area (Å²) in [6, 6.07) is 0.598. The van der Waals surface area contributed by atoms with Gasteiger partial charge in [-0.2, -0.15) is 0 Å². The lowest BCUT2D eigenvalue weighted by atomic mass is 10.1. The number of nitrogens with one attached hydrogen (secondary N) is 2. The Balaban J connectivity index is 1.96. The Bertz CT molecular complexity index is 254. The number of carbonyl (C=O) groups is 1. The van der Waals surface area contributed by atoms with E-state index in [2.05, 4.69) is 24.5 Å². The highest BCUT2D eigenvalue weighted by atomic mass is 16.5. The monoisotopic (exact) mass is 227 g/mol. The summed E-state index contributed by atoms with van der Waals surface area (Å²) in [6.07, 6.45) is -0.290. The largest absolute Gasteiger partial charge is 0.366 e. The quantitative estimate of drug-likeness (QED) is 0.615. The van der Waals surface area contributed by atoms with E-state index in [1.165, 1.54) is 0 Å². The maximum absolute atomic E-state index is 12.2. The van der Waals surface area contributed by atoms with Gasteiger partial charge in [0.15, 0.2) is 0 Å². The minimum absolute atomic E-state index is 0.132. The molecular weight excluding hydrogens is 206 g/mol. The molecule has 0 aliphatic carbocycles. The minimum atomic E-state index is -0.290. The van der Waals surface area contributed by atoms with Gasteiger partial charge in [-0.25, -0.2) is 0 Å². The number of ether oxygens (including phenoxy) is 1. The van der Waals surface area contributed by atoms with E-state index in [0.717, 1.165) is 19.6 Å². The van der Waals surface area contributed by atoms with E-state index in [-0.39, 0.29) is 18.1 Å². The van der Waals surface area contributed by atoms with Gasteiger partial charge in [-0.1, -0.05) is 0 Å². The zero-order valence-electron chi connectivity index (χ0n) is 10.0.